The summed E-state index contributed by atoms with van der Waals surface area (Å²) in [4.78, 5) is 8.04. The van der Waals surface area contributed by atoms with Crippen LogP contribution in [0.2, 0.25) is 0 Å². The number of nitrogens with zero attached hydrogens (tertiary/aromatic N) is 2. The second kappa shape index (κ2) is 4.83. The first-order valence-electron chi connectivity index (χ1n) is 6.03. The Morgan fingerprint density at radius 1 is 1.37 bits per heavy atom. The lowest BCUT2D eigenvalue weighted by Crippen LogP contribution is -2.17. The number of nitrogen functional groups attached to an aromatic ring is 1. The van der Waals surface area contributed by atoms with E-state index in [0.29, 0.717) is 0 Å². The summed E-state index contributed by atoms with van der Waals surface area (Å²) in [5.41, 5.74) is 9.06. The summed E-state index contributed by atoms with van der Waals surface area (Å²) in [6, 6.07) is 8.33. The van der Waals surface area contributed by atoms with Gasteiger partial charge in [-0.15, -0.1) is 22.7 Å². The zero-order chi connectivity index (χ0) is 13.4. The third-order valence-electron chi connectivity index (χ3n) is 3.03. The quantitative estimate of drug-likeness (QED) is 0.744. The standard InChI is InChI=1S/C14H15N3S2/c1-9-16-12-7-13(11(15)6-14(12)19-9)17(2)8-10-4-3-5-18-10/h3-7H,8,15H2,1-2H3. The Morgan fingerprint density at radius 2 is 2.21 bits per heavy atom. The summed E-state index contributed by atoms with van der Waals surface area (Å²) in [6.07, 6.45) is 0. The third-order valence-corrected chi connectivity index (χ3v) is 4.82. The number of benzene rings is 1. The molecule has 0 aliphatic rings. The lowest BCUT2D eigenvalue weighted by Gasteiger charge is -2.20. The topological polar surface area (TPSA) is 42.2 Å². The molecule has 98 valence electrons. The van der Waals surface area contributed by atoms with Crippen LogP contribution in [-0.4, -0.2) is 12.0 Å². The molecule has 3 rings (SSSR count). The minimum absolute atomic E-state index is 0.815. The minimum Gasteiger partial charge on any atom is -0.397 e. The molecule has 2 N–H and O–H groups in total. The van der Waals surface area contributed by atoms with Crippen molar-refractivity contribution in [3.8, 4) is 0 Å². The first-order valence-corrected chi connectivity index (χ1v) is 7.73. The van der Waals surface area contributed by atoms with Gasteiger partial charge < -0.3 is 10.6 Å². The number of thiophene rings is 1. The van der Waals surface area contributed by atoms with Crippen LogP contribution in [-0.2, 0) is 6.54 Å². The lowest BCUT2D eigenvalue weighted by molar-refractivity contribution is 0.943. The molecule has 3 aromatic rings. The van der Waals surface area contributed by atoms with E-state index in [1.165, 1.54) is 4.88 Å². The summed E-state index contributed by atoms with van der Waals surface area (Å²) < 4.78 is 1.16. The average Bonchev–Trinajstić information content (AvgIpc) is 2.96. The molecule has 0 saturated carbocycles. The van der Waals surface area contributed by atoms with Crippen molar-refractivity contribution in [1.82, 2.24) is 4.98 Å². The Hall–Kier alpha value is -1.59. The monoisotopic (exact) mass is 289 g/mol. The zero-order valence-corrected chi connectivity index (χ0v) is 12.5. The van der Waals surface area contributed by atoms with Gasteiger partial charge in [0.2, 0.25) is 0 Å². The fourth-order valence-corrected chi connectivity index (χ4v) is 3.76. The van der Waals surface area contributed by atoms with E-state index in [1.807, 2.05) is 13.0 Å². The largest absolute Gasteiger partial charge is 0.397 e. The molecule has 3 nitrogen and oxygen atoms in total. The van der Waals surface area contributed by atoms with Crippen LogP contribution < -0.4 is 10.6 Å². The molecule has 0 amide bonds. The van der Waals surface area contributed by atoms with Crippen LogP contribution in [0.4, 0.5) is 11.4 Å². The van der Waals surface area contributed by atoms with Crippen molar-refractivity contribution in [2.75, 3.05) is 17.7 Å². The average molecular weight is 289 g/mol. The predicted octanol–water partition coefficient (Wildman–Crippen LogP) is 3.88. The van der Waals surface area contributed by atoms with Gasteiger partial charge in [-0.25, -0.2) is 4.98 Å². The number of hydrogen-bond acceptors (Lipinski definition) is 5. The van der Waals surface area contributed by atoms with E-state index >= 15 is 0 Å². The van der Waals surface area contributed by atoms with E-state index in [-0.39, 0.29) is 0 Å². The first kappa shape index (κ1) is 12.4. The summed E-state index contributed by atoms with van der Waals surface area (Å²) in [5, 5.41) is 3.17. The highest BCUT2D eigenvalue weighted by Gasteiger charge is 2.10. The second-order valence-corrected chi connectivity index (χ2v) is 6.81. The molecule has 5 heteroatoms. The van der Waals surface area contributed by atoms with Gasteiger partial charge in [-0.2, -0.15) is 0 Å². The van der Waals surface area contributed by atoms with Crippen molar-refractivity contribution < 1.29 is 0 Å². The van der Waals surface area contributed by atoms with E-state index < -0.39 is 0 Å². The van der Waals surface area contributed by atoms with Gasteiger partial charge in [0.25, 0.3) is 0 Å². The summed E-state index contributed by atoms with van der Waals surface area (Å²) >= 11 is 3.45. The lowest BCUT2D eigenvalue weighted by atomic mass is 10.2. The predicted molar refractivity (Wildman–Crippen MR) is 85.2 cm³/mol. The molecule has 1 aromatic carbocycles. The Labute approximate surface area is 120 Å². The number of hydrogen-bond donors (Lipinski definition) is 1. The SMILES string of the molecule is Cc1nc2cc(N(C)Cc3cccs3)c(N)cc2s1. The van der Waals surface area contributed by atoms with E-state index in [2.05, 4.69) is 40.5 Å². The van der Waals surface area contributed by atoms with E-state index in [9.17, 15) is 0 Å². The van der Waals surface area contributed by atoms with Gasteiger partial charge in [-0.1, -0.05) is 6.07 Å². The van der Waals surface area contributed by atoms with Gasteiger partial charge in [0, 0.05) is 11.9 Å². The summed E-state index contributed by atoms with van der Waals surface area (Å²) in [6.45, 7) is 2.90. The molecule has 0 atom stereocenters. The fourth-order valence-electron chi connectivity index (χ4n) is 2.15. The van der Waals surface area contributed by atoms with E-state index in [1.54, 1.807) is 22.7 Å². The van der Waals surface area contributed by atoms with Crippen LogP contribution in [0.15, 0.2) is 29.6 Å². The molecule has 2 heterocycles. The number of rotatable bonds is 3. The van der Waals surface area contributed by atoms with Crippen LogP contribution in [0.25, 0.3) is 10.2 Å². The Kier molecular flexibility index (Phi) is 3.16. The van der Waals surface area contributed by atoms with Crippen molar-refractivity contribution in [2.24, 2.45) is 0 Å². The molecular weight excluding hydrogens is 274 g/mol. The number of anilines is 2. The summed E-state index contributed by atoms with van der Waals surface area (Å²) in [5.74, 6) is 0. The molecule has 0 spiro atoms. The highest BCUT2D eigenvalue weighted by molar-refractivity contribution is 7.18. The zero-order valence-electron chi connectivity index (χ0n) is 10.9. The van der Waals surface area contributed by atoms with Crippen molar-refractivity contribution in [2.45, 2.75) is 13.5 Å². The second-order valence-electron chi connectivity index (χ2n) is 4.55. The number of fused-ring (bicyclic) bond motifs is 1. The van der Waals surface area contributed by atoms with E-state index in [4.69, 9.17) is 5.73 Å². The molecule has 0 bridgehead atoms. The maximum Gasteiger partial charge on any atom is 0.0907 e. The third kappa shape index (κ3) is 2.43. The number of nitrogens with two attached hydrogens (primary N) is 1. The number of thiazole rings is 1. The normalized spacial score (nSPS) is 11.1. The number of aryl methyl sites for hydroxylation is 1. The smallest absolute Gasteiger partial charge is 0.0907 e. The molecule has 0 saturated heterocycles. The molecule has 2 aromatic heterocycles. The van der Waals surface area contributed by atoms with Crippen molar-refractivity contribution in [3.05, 3.63) is 39.5 Å². The van der Waals surface area contributed by atoms with Gasteiger partial charge in [0.15, 0.2) is 0 Å². The molecule has 0 radical (unpaired) electrons. The maximum atomic E-state index is 6.17. The van der Waals surface area contributed by atoms with Gasteiger partial charge in [0.1, 0.15) is 0 Å². The molecule has 19 heavy (non-hydrogen) atoms. The molecule has 0 aliphatic heterocycles. The van der Waals surface area contributed by atoms with Gasteiger partial charge in [-0.3, -0.25) is 0 Å². The van der Waals surface area contributed by atoms with Crippen molar-refractivity contribution in [1.29, 1.82) is 0 Å². The van der Waals surface area contributed by atoms with Crippen LogP contribution in [0, 0.1) is 6.92 Å². The van der Waals surface area contributed by atoms with Crippen LogP contribution >= 0.6 is 22.7 Å². The first-order chi connectivity index (χ1) is 9.13. The molecular formula is C14H15N3S2. The van der Waals surface area contributed by atoms with Crippen molar-refractivity contribution in [3.63, 3.8) is 0 Å². The fraction of sp³-hybridized carbons (Fsp3) is 0.214. The van der Waals surface area contributed by atoms with Gasteiger partial charge >= 0.3 is 0 Å². The van der Waals surface area contributed by atoms with Gasteiger partial charge in [0.05, 0.1) is 33.1 Å². The minimum atomic E-state index is 0.815. The van der Waals surface area contributed by atoms with Crippen LogP contribution in [0.3, 0.4) is 0 Å². The van der Waals surface area contributed by atoms with Crippen LogP contribution in [0.1, 0.15) is 9.88 Å². The molecule has 0 fully saturated rings. The Bertz CT molecular complexity index is 701. The van der Waals surface area contributed by atoms with E-state index in [0.717, 1.165) is 33.1 Å². The number of aromatic nitrogens is 1. The Morgan fingerprint density at radius 3 is 2.95 bits per heavy atom. The summed E-state index contributed by atoms with van der Waals surface area (Å²) in [7, 11) is 2.07. The maximum absolute atomic E-state index is 6.17. The molecule has 0 unspecified atom stereocenters. The van der Waals surface area contributed by atoms with Crippen LogP contribution in [0.5, 0.6) is 0 Å². The molecule has 0 aliphatic carbocycles. The van der Waals surface area contributed by atoms with Gasteiger partial charge in [-0.05, 0) is 30.5 Å². The Balaban J connectivity index is 1.96. The highest BCUT2D eigenvalue weighted by Crippen LogP contribution is 2.32. The highest BCUT2D eigenvalue weighted by atomic mass is 32.1. The van der Waals surface area contributed by atoms with Crippen molar-refractivity contribution >= 4 is 44.3 Å².